The summed E-state index contributed by atoms with van der Waals surface area (Å²) < 4.78 is 10.8. The van der Waals surface area contributed by atoms with Crippen molar-refractivity contribution in [2.75, 3.05) is 33.9 Å². The molecule has 6 heteroatoms. The Labute approximate surface area is 138 Å². The minimum atomic E-state index is -0.107. The van der Waals surface area contributed by atoms with Crippen molar-refractivity contribution in [3.8, 4) is 0 Å². The van der Waals surface area contributed by atoms with Gasteiger partial charge in [0.15, 0.2) is 0 Å². The summed E-state index contributed by atoms with van der Waals surface area (Å²) in [7, 11) is 4.13. The number of amides is 2. The van der Waals surface area contributed by atoms with Gasteiger partial charge in [-0.3, -0.25) is 0 Å². The van der Waals surface area contributed by atoms with E-state index in [0.29, 0.717) is 6.54 Å². The molecule has 0 aliphatic carbocycles. The van der Waals surface area contributed by atoms with Crippen molar-refractivity contribution < 1.29 is 13.9 Å². The van der Waals surface area contributed by atoms with Crippen molar-refractivity contribution in [2.24, 2.45) is 0 Å². The highest BCUT2D eigenvalue weighted by Crippen LogP contribution is 2.24. The van der Waals surface area contributed by atoms with Crippen LogP contribution in [0.3, 0.4) is 0 Å². The molecule has 1 fully saturated rings. The van der Waals surface area contributed by atoms with E-state index in [9.17, 15) is 4.79 Å². The van der Waals surface area contributed by atoms with Crippen LogP contribution in [0.25, 0.3) is 0 Å². The molecule has 1 saturated heterocycles. The molecule has 2 N–H and O–H groups in total. The molecule has 2 amide bonds. The topological polar surface area (TPSA) is 66.7 Å². The summed E-state index contributed by atoms with van der Waals surface area (Å²) in [5, 5.41) is 6.02. The summed E-state index contributed by atoms with van der Waals surface area (Å²) in [4.78, 5) is 14.3. The lowest BCUT2D eigenvalue weighted by Gasteiger charge is -2.42. The van der Waals surface area contributed by atoms with E-state index in [1.54, 1.807) is 6.26 Å². The highest BCUT2D eigenvalue weighted by atomic mass is 16.5. The number of carbonyl (C=O) groups is 1. The predicted octanol–water partition coefficient (Wildman–Crippen LogP) is 2.01. The Morgan fingerprint density at radius 1 is 1.39 bits per heavy atom. The normalized spacial score (nSPS) is 18.6. The molecule has 1 atom stereocenters. The van der Waals surface area contributed by atoms with Crippen molar-refractivity contribution in [1.82, 2.24) is 15.5 Å². The Balaban J connectivity index is 1.72. The third-order valence-electron chi connectivity index (χ3n) is 4.73. The number of aryl methyl sites for hydroxylation is 1. The number of ether oxygens (including phenoxy) is 1. The van der Waals surface area contributed by atoms with Crippen LogP contribution in [0, 0.1) is 0 Å². The van der Waals surface area contributed by atoms with Gasteiger partial charge in [0.1, 0.15) is 5.76 Å². The van der Waals surface area contributed by atoms with Gasteiger partial charge in [-0.15, -0.1) is 0 Å². The third kappa shape index (κ3) is 5.25. The van der Waals surface area contributed by atoms with Gasteiger partial charge < -0.3 is 24.7 Å². The fraction of sp³-hybridized carbons (Fsp3) is 0.706. The maximum atomic E-state index is 12.1. The second-order valence-corrected chi connectivity index (χ2v) is 6.58. The number of hydrogen-bond donors (Lipinski definition) is 2. The van der Waals surface area contributed by atoms with Crippen LogP contribution in [0.1, 0.15) is 31.9 Å². The second kappa shape index (κ2) is 8.36. The molecule has 23 heavy (non-hydrogen) atoms. The molecule has 0 saturated carbocycles. The molecule has 0 spiro atoms. The van der Waals surface area contributed by atoms with Gasteiger partial charge in [-0.2, -0.15) is 0 Å². The number of furan rings is 1. The van der Waals surface area contributed by atoms with Crippen molar-refractivity contribution >= 4 is 6.03 Å². The van der Waals surface area contributed by atoms with E-state index >= 15 is 0 Å². The minimum absolute atomic E-state index is 0.00695. The lowest BCUT2D eigenvalue weighted by molar-refractivity contribution is -0.00574. The lowest BCUT2D eigenvalue weighted by atomic mass is 9.88. The summed E-state index contributed by atoms with van der Waals surface area (Å²) in [6, 6.07) is 3.84. The van der Waals surface area contributed by atoms with Gasteiger partial charge >= 0.3 is 6.03 Å². The first kappa shape index (κ1) is 17.8. The largest absolute Gasteiger partial charge is 0.469 e. The van der Waals surface area contributed by atoms with Crippen molar-refractivity contribution in [1.29, 1.82) is 0 Å². The van der Waals surface area contributed by atoms with Crippen molar-refractivity contribution in [3.05, 3.63) is 24.2 Å². The standard InChI is InChI=1S/C17H29N3O3/c1-14(6-7-15-5-4-10-23-15)19-16(21)18-13-17(20(2)3)8-11-22-12-9-17/h4-5,10,14H,6-9,11-13H2,1-3H3,(H2,18,19,21)/t14-/m1/s1. The molecule has 2 rings (SSSR count). The molecule has 130 valence electrons. The van der Waals surface area contributed by atoms with Gasteiger partial charge in [0, 0.05) is 37.8 Å². The van der Waals surface area contributed by atoms with Gasteiger partial charge in [0.25, 0.3) is 0 Å². The summed E-state index contributed by atoms with van der Waals surface area (Å²) in [5.41, 5.74) is -0.00695. The first-order valence-electron chi connectivity index (χ1n) is 8.34. The summed E-state index contributed by atoms with van der Waals surface area (Å²) in [6.45, 7) is 4.15. The Kier molecular flexibility index (Phi) is 6.47. The van der Waals surface area contributed by atoms with Crippen molar-refractivity contribution in [3.63, 3.8) is 0 Å². The van der Waals surface area contributed by atoms with E-state index in [-0.39, 0.29) is 17.6 Å². The average molecular weight is 323 g/mol. The molecule has 2 heterocycles. The van der Waals surface area contributed by atoms with E-state index in [2.05, 4.69) is 29.6 Å². The lowest BCUT2D eigenvalue weighted by Crippen LogP contribution is -2.57. The third-order valence-corrected chi connectivity index (χ3v) is 4.73. The Morgan fingerprint density at radius 2 is 2.13 bits per heavy atom. The van der Waals surface area contributed by atoms with Gasteiger partial charge in [-0.25, -0.2) is 4.79 Å². The van der Waals surface area contributed by atoms with Crippen LogP contribution in [0.5, 0.6) is 0 Å². The molecule has 0 aromatic carbocycles. The van der Waals surface area contributed by atoms with Crippen LogP contribution < -0.4 is 10.6 Å². The van der Waals surface area contributed by atoms with E-state index in [4.69, 9.17) is 9.15 Å². The van der Waals surface area contributed by atoms with Crippen LogP contribution in [0.2, 0.25) is 0 Å². The van der Waals surface area contributed by atoms with Crippen LogP contribution in [0.15, 0.2) is 22.8 Å². The van der Waals surface area contributed by atoms with Gasteiger partial charge in [0.05, 0.1) is 6.26 Å². The van der Waals surface area contributed by atoms with Crippen LogP contribution in [-0.2, 0) is 11.2 Å². The molecule has 0 radical (unpaired) electrons. The maximum absolute atomic E-state index is 12.1. The van der Waals surface area contributed by atoms with Gasteiger partial charge in [0.2, 0.25) is 0 Å². The molecule has 1 aliphatic rings. The van der Waals surface area contributed by atoms with Crippen LogP contribution in [-0.4, -0.2) is 56.4 Å². The molecule has 1 aliphatic heterocycles. The molecule has 1 aromatic rings. The molecule has 6 nitrogen and oxygen atoms in total. The highest BCUT2D eigenvalue weighted by molar-refractivity contribution is 5.74. The summed E-state index contributed by atoms with van der Waals surface area (Å²) in [6.07, 6.45) is 5.23. The van der Waals surface area contributed by atoms with Crippen molar-refractivity contribution in [2.45, 2.75) is 44.2 Å². The van der Waals surface area contributed by atoms with E-state index < -0.39 is 0 Å². The zero-order valence-corrected chi connectivity index (χ0v) is 14.4. The first-order chi connectivity index (χ1) is 11.0. The van der Waals surface area contributed by atoms with E-state index in [0.717, 1.165) is 44.7 Å². The Hall–Kier alpha value is -1.53. The number of hydrogen-bond acceptors (Lipinski definition) is 4. The number of nitrogens with zero attached hydrogens (tertiary/aromatic N) is 1. The van der Waals surface area contributed by atoms with E-state index in [1.807, 2.05) is 19.1 Å². The summed E-state index contributed by atoms with van der Waals surface area (Å²) in [5.74, 6) is 0.952. The SMILES string of the molecule is C[C@H](CCc1ccco1)NC(=O)NCC1(N(C)C)CCOCC1. The molecule has 0 bridgehead atoms. The van der Waals surface area contributed by atoms with Gasteiger partial charge in [-0.1, -0.05) is 0 Å². The zero-order chi connectivity index (χ0) is 16.7. The van der Waals surface area contributed by atoms with Crippen LogP contribution >= 0.6 is 0 Å². The maximum Gasteiger partial charge on any atom is 0.315 e. The zero-order valence-electron chi connectivity index (χ0n) is 14.4. The average Bonchev–Trinajstić information content (AvgIpc) is 3.05. The second-order valence-electron chi connectivity index (χ2n) is 6.58. The Bertz CT molecular complexity index is 467. The molecular formula is C17H29N3O3. The minimum Gasteiger partial charge on any atom is -0.469 e. The quantitative estimate of drug-likeness (QED) is 0.805. The fourth-order valence-electron chi connectivity index (χ4n) is 2.94. The summed E-state index contributed by atoms with van der Waals surface area (Å²) >= 11 is 0. The fourth-order valence-corrected chi connectivity index (χ4v) is 2.94. The first-order valence-corrected chi connectivity index (χ1v) is 8.34. The monoisotopic (exact) mass is 323 g/mol. The Morgan fingerprint density at radius 3 is 2.74 bits per heavy atom. The smallest absolute Gasteiger partial charge is 0.315 e. The van der Waals surface area contributed by atoms with Crippen LogP contribution in [0.4, 0.5) is 4.79 Å². The number of rotatable bonds is 7. The number of nitrogens with one attached hydrogen (secondary N) is 2. The van der Waals surface area contributed by atoms with Gasteiger partial charge in [-0.05, 0) is 52.4 Å². The highest BCUT2D eigenvalue weighted by Gasteiger charge is 2.35. The molecule has 0 unspecified atom stereocenters. The van der Waals surface area contributed by atoms with E-state index in [1.165, 1.54) is 0 Å². The molecule has 1 aromatic heterocycles. The molecular weight excluding hydrogens is 294 g/mol. The predicted molar refractivity (Wildman–Crippen MR) is 89.5 cm³/mol. The number of carbonyl (C=O) groups excluding carboxylic acids is 1. The number of likely N-dealkylation sites (N-methyl/N-ethyl adjacent to an activating group) is 1. The number of urea groups is 1.